The number of nitrogens with zero attached hydrogens (tertiary/aromatic N) is 3. The number of hydrogen-bond donors (Lipinski definition) is 2. The van der Waals surface area contributed by atoms with E-state index in [4.69, 9.17) is 4.74 Å². The Kier molecular flexibility index (Phi) is 5.66. The molecule has 0 radical (unpaired) electrons. The Bertz CT molecular complexity index is 1170. The Labute approximate surface area is 171 Å². The minimum absolute atomic E-state index is 0.00583. The summed E-state index contributed by atoms with van der Waals surface area (Å²) in [5.74, 6) is -1.86. The van der Waals surface area contributed by atoms with Crippen molar-refractivity contribution in [3.63, 3.8) is 0 Å². The lowest BCUT2D eigenvalue weighted by Gasteiger charge is -2.21. The van der Waals surface area contributed by atoms with Crippen LogP contribution in [0.4, 0.5) is 4.39 Å². The molecule has 156 valence electrons. The van der Waals surface area contributed by atoms with Crippen molar-refractivity contribution >= 4 is 5.97 Å². The van der Waals surface area contributed by atoms with Crippen LogP contribution in [0.5, 0.6) is 5.75 Å². The molecule has 8 nitrogen and oxygen atoms in total. The van der Waals surface area contributed by atoms with E-state index in [1.807, 2.05) is 0 Å². The molecule has 0 aliphatic rings. The number of aliphatic hydroxyl groups excluding tert-OH is 1. The quantitative estimate of drug-likeness (QED) is 0.632. The fourth-order valence-corrected chi connectivity index (χ4v) is 2.89. The van der Waals surface area contributed by atoms with Gasteiger partial charge in [0.1, 0.15) is 28.4 Å². The second-order valence-corrected chi connectivity index (χ2v) is 7.45. The zero-order valence-electron chi connectivity index (χ0n) is 16.6. The molecule has 3 aromatic rings. The molecule has 0 fully saturated rings. The summed E-state index contributed by atoms with van der Waals surface area (Å²) in [4.78, 5) is 33.7. The Morgan fingerprint density at radius 3 is 2.60 bits per heavy atom. The molecule has 0 amide bonds. The van der Waals surface area contributed by atoms with Crippen LogP contribution in [-0.4, -0.2) is 36.3 Å². The van der Waals surface area contributed by atoms with Crippen molar-refractivity contribution in [2.45, 2.75) is 33.0 Å². The summed E-state index contributed by atoms with van der Waals surface area (Å²) in [5.41, 5.74) is -1.95. The summed E-state index contributed by atoms with van der Waals surface area (Å²) in [6.45, 7) is 4.28. The summed E-state index contributed by atoms with van der Waals surface area (Å²) >= 11 is 0. The zero-order valence-corrected chi connectivity index (χ0v) is 16.6. The maximum absolute atomic E-state index is 13.8. The highest BCUT2D eigenvalue weighted by Crippen LogP contribution is 2.31. The lowest BCUT2D eigenvalue weighted by Crippen LogP contribution is -2.32. The van der Waals surface area contributed by atoms with Gasteiger partial charge in [0.25, 0.3) is 5.56 Å². The zero-order chi connectivity index (χ0) is 22.1. The third kappa shape index (κ3) is 4.20. The van der Waals surface area contributed by atoms with E-state index in [1.54, 1.807) is 20.8 Å². The van der Waals surface area contributed by atoms with Crippen LogP contribution in [0.1, 0.15) is 36.8 Å². The fraction of sp³-hybridized carbons (Fsp3) is 0.238. The number of pyridine rings is 3. The molecule has 0 aliphatic carbocycles. The number of aromatic nitrogens is 3. The number of rotatable bonds is 4. The molecule has 3 rings (SSSR count). The van der Waals surface area contributed by atoms with Gasteiger partial charge in [0.15, 0.2) is 0 Å². The number of halogens is 1. The second-order valence-electron chi connectivity index (χ2n) is 7.45. The Hall–Kier alpha value is -3.59. The van der Waals surface area contributed by atoms with E-state index in [-0.39, 0.29) is 34.0 Å². The van der Waals surface area contributed by atoms with Crippen molar-refractivity contribution in [2.75, 3.05) is 0 Å². The van der Waals surface area contributed by atoms with Crippen LogP contribution in [0.15, 0.2) is 47.7 Å². The maximum Gasteiger partial charge on any atom is 0.344 e. The third-order valence-electron chi connectivity index (χ3n) is 4.06. The van der Waals surface area contributed by atoms with Crippen LogP contribution in [-0.2, 0) is 11.3 Å². The van der Waals surface area contributed by atoms with Gasteiger partial charge in [-0.3, -0.25) is 19.3 Å². The Morgan fingerprint density at radius 1 is 1.27 bits per heavy atom. The lowest BCUT2D eigenvalue weighted by molar-refractivity contribution is 0.00670. The maximum atomic E-state index is 13.8. The number of ether oxygens (including phenoxy) is 1. The molecule has 0 aliphatic heterocycles. The van der Waals surface area contributed by atoms with E-state index in [2.05, 4.69) is 9.97 Å². The highest BCUT2D eigenvalue weighted by atomic mass is 19.1. The van der Waals surface area contributed by atoms with Crippen LogP contribution >= 0.6 is 0 Å². The molecular weight excluding hydrogens is 393 g/mol. The van der Waals surface area contributed by atoms with Crippen LogP contribution in [0.25, 0.3) is 16.9 Å². The monoisotopic (exact) mass is 413 g/mol. The number of carbonyl (C=O) groups is 1. The van der Waals surface area contributed by atoms with Gasteiger partial charge in [0.2, 0.25) is 0 Å². The van der Waals surface area contributed by atoms with Crippen molar-refractivity contribution < 1.29 is 24.1 Å². The van der Waals surface area contributed by atoms with Gasteiger partial charge in [0, 0.05) is 17.8 Å². The number of hydrogen-bond acceptors (Lipinski definition) is 7. The predicted octanol–water partition coefficient (Wildman–Crippen LogP) is 2.59. The van der Waals surface area contributed by atoms with E-state index in [9.17, 15) is 24.2 Å². The molecule has 0 unspecified atom stereocenters. The van der Waals surface area contributed by atoms with Gasteiger partial charge >= 0.3 is 5.97 Å². The van der Waals surface area contributed by atoms with Gasteiger partial charge in [-0.15, -0.1) is 0 Å². The molecule has 0 saturated carbocycles. The van der Waals surface area contributed by atoms with Gasteiger partial charge in [-0.05, 0) is 39.0 Å². The molecule has 2 N–H and O–H groups in total. The molecule has 0 saturated heterocycles. The minimum Gasteiger partial charge on any atom is -0.506 e. The van der Waals surface area contributed by atoms with Crippen molar-refractivity contribution in [1.82, 2.24) is 14.5 Å². The second kappa shape index (κ2) is 8.03. The largest absolute Gasteiger partial charge is 0.506 e. The van der Waals surface area contributed by atoms with Crippen molar-refractivity contribution in [3.05, 3.63) is 70.3 Å². The summed E-state index contributed by atoms with van der Waals surface area (Å²) in [6, 6.07) is 5.11. The van der Waals surface area contributed by atoms with Crippen LogP contribution in [0, 0.1) is 5.82 Å². The van der Waals surface area contributed by atoms with E-state index < -0.39 is 29.6 Å². The Balaban J connectivity index is 2.39. The number of carbonyl (C=O) groups excluding carboxylic acids is 1. The highest BCUT2D eigenvalue weighted by molar-refractivity contribution is 5.91. The summed E-state index contributed by atoms with van der Waals surface area (Å²) < 4.78 is 20.1. The van der Waals surface area contributed by atoms with Gasteiger partial charge in [0.05, 0.1) is 30.4 Å². The SMILES string of the molecule is CC(C)(C)OC(=O)c1cc(-c2ncccc2O)c(CO)n(-c2cncc(F)c2)c1=O. The van der Waals surface area contributed by atoms with Crippen LogP contribution < -0.4 is 5.56 Å². The molecule has 0 bridgehead atoms. The van der Waals surface area contributed by atoms with Gasteiger partial charge in [-0.2, -0.15) is 0 Å². The average Bonchev–Trinajstić information content (AvgIpc) is 2.66. The van der Waals surface area contributed by atoms with Gasteiger partial charge in [-0.25, -0.2) is 9.18 Å². The molecule has 0 spiro atoms. The smallest absolute Gasteiger partial charge is 0.344 e. The summed E-state index contributed by atoms with van der Waals surface area (Å²) in [7, 11) is 0. The first kappa shape index (κ1) is 21.1. The van der Waals surface area contributed by atoms with Crippen LogP contribution in [0.3, 0.4) is 0 Å². The molecular formula is C21H20FN3O5. The first-order valence-corrected chi connectivity index (χ1v) is 9.01. The predicted molar refractivity (Wildman–Crippen MR) is 106 cm³/mol. The molecule has 0 atom stereocenters. The van der Waals surface area contributed by atoms with Crippen molar-refractivity contribution in [1.29, 1.82) is 0 Å². The van der Waals surface area contributed by atoms with Gasteiger partial charge < -0.3 is 14.9 Å². The number of aliphatic hydroxyl groups is 1. The number of aromatic hydroxyl groups is 1. The summed E-state index contributed by atoms with van der Waals surface area (Å²) in [5, 5.41) is 20.3. The first-order valence-electron chi connectivity index (χ1n) is 9.01. The summed E-state index contributed by atoms with van der Waals surface area (Å²) in [6.07, 6.45) is 3.57. The Morgan fingerprint density at radius 2 is 2.00 bits per heavy atom. The minimum atomic E-state index is -0.910. The normalized spacial score (nSPS) is 11.4. The van der Waals surface area contributed by atoms with Crippen LogP contribution in [0.2, 0.25) is 0 Å². The fourth-order valence-electron chi connectivity index (χ4n) is 2.89. The van der Waals surface area contributed by atoms with Gasteiger partial charge in [-0.1, -0.05) is 0 Å². The van der Waals surface area contributed by atoms with E-state index in [1.165, 1.54) is 30.6 Å². The number of esters is 1. The highest BCUT2D eigenvalue weighted by Gasteiger charge is 2.26. The van der Waals surface area contributed by atoms with Crippen molar-refractivity contribution in [3.8, 4) is 22.7 Å². The van der Waals surface area contributed by atoms with Crippen molar-refractivity contribution in [2.24, 2.45) is 0 Å². The van der Waals surface area contributed by atoms with E-state index in [0.29, 0.717) is 0 Å². The molecule has 3 aromatic heterocycles. The topological polar surface area (TPSA) is 115 Å². The standard InChI is InChI=1S/C21H20FN3O5/c1-21(2,3)30-20(29)15-8-14(18-17(27)5-4-6-24-18)16(11-26)25(19(15)28)13-7-12(22)9-23-10-13/h4-10,26-27H,11H2,1-3H3. The first-order chi connectivity index (χ1) is 14.1. The molecule has 9 heteroatoms. The van der Waals surface area contributed by atoms with E-state index >= 15 is 0 Å². The lowest BCUT2D eigenvalue weighted by atomic mass is 10.0. The molecule has 30 heavy (non-hydrogen) atoms. The molecule has 3 heterocycles. The molecule has 0 aromatic carbocycles. The average molecular weight is 413 g/mol. The van der Waals surface area contributed by atoms with E-state index in [0.717, 1.165) is 16.8 Å². The third-order valence-corrected chi connectivity index (χ3v) is 4.06.